The molecule has 164 valence electrons. The van der Waals surface area contributed by atoms with Gasteiger partial charge >= 0.3 is 0 Å². The Balaban J connectivity index is 1.38. The second kappa shape index (κ2) is 7.66. The predicted molar refractivity (Wildman–Crippen MR) is 117 cm³/mol. The van der Waals surface area contributed by atoms with Gasteiger partial charge in [0, 0.05) is 37.3 Å². The number of fused-ring (bicyclic) bond motifs is 2. The molecule has 1 unspecified atom stereocenters. The summed E-state index contributed by atoms with van der Waals surface area (Å²) in [5, 5.41) is 7.73. The van der Waals surface area contributed by atoms with Crippen LogP contribution in [-0.4, -0.2) is 41.7 Å². The Labute approximate surface area is 181 Å². The van der Waals surface area contributed by atoms with E-state index in [2.05, 4.69) is 10.2 Å². The van der Waals surface area contributed by atoms with Crippen molar-refractivity contribution in [3.63, 3.8) is 0 Å². The standard InChI is InChI=1S/C23H30N6O2/c1-14-16(15(2)27(3)25-14)10-11-22(30)28-12-6-9-20(28)19-13-21-24-18-8-5-4-7-17(18)23(31)29(21)26-19/h13,20,26H,4-12H2,1-3H3. The van der Waals surface area contributed by atoms with E-state index in [9.17, 15) is 9.59 Å². The highest BCUT2D eigenvalue weighted by Crippen LogP contribution is 2.32. The molecule has 1 saturated heterocycles. The van der Waals surface area contributed by atoms with Crippen LogP contribution in [-0.2, 0) is 31.1 Å². The number of H-pyrrole nitrogens is 1. The van der Waals surface area contributed by atoms with Crippen LogP contribution in [0.4, 0.5) is 0 Å². The number of carbonyl (C=O) groups excluding carboxylic acids is 1. The number of likely N-dealkylation sites (tertiary alicyclic amines) is 1. The first-order valence-corrected chi connectivity index (χ1v) is 11.4. The van der Waals surface area contributed by atoms with Crippen LogP contribution in [0, 0.1) is 13.8 Å². The summed E-state index contributed by atoms with van der Waals surface area (Å²) in [6, 6.07) is 1.93. The molecule has 5 rings (SSSR count). The van der Waals surface area contributed by atoms with Crippen LogP contribution in [0.1, 0.15) is 72.0 Å². The highest BCUT2D eigenvalue weighted by molar-refractivity contribution is 5.77. The molecule has 31 heavy (non-hydrogen) atoms. The number of hydrogen-bond donors (Lipinski definition) is 1. The Morgan fingerprint density at radius 3 is 2.81 bits per heavy atom. The first-order valence-electron chi connectivity index (χ1n) is 11.4. The van der Waals surface area contributed by atoms with Crippen molar-refractivity contribution < 1.29 is 4.79 Å². The molecular weight excluding hydrogens is 392 g/mol. The number of nitrogens with one attached hydrogen (secondary N) is 1. The van der Waals surface area contributed by atoms with Gasteiger partial charge in [-0.25, -0.2) is 9.50 Å². The number of aromatic amines is 1. The van der Waals surface area contributed by atoms with Crippen LogP contribution in [0.5, 0.6) is 0 Å². The first-order chi connectivity index (χ1) is 14.9. The van der Waals surface area contributed by atoms with Crippen molar-refractivity contribution in [1.82, 2.24) is 29.3 Å². The van der Waals surface area contributed by atoms with Gasteiger partial charge in [0.05, 0.1) is 23.1 Å². The number of carbonyl (C=O) groups is 1. The number of aryl methyl sites for hydroxylation is 3. The van der Waals surface area contributed by atoms with E-state index in [1.54, 1.807) is 4.52 Å². The first kappa shape index (κ1) is 20.0. The van der Waals surface area contributed by atoms with Crippen molar-refractivity contribution in [2.75, 3.05) is 6.54 Å². The fourth-order valence-corrected chi connectivity index (χ4v) is 5.29. The Hall–Kier alpha value is -2.90. The molecule has 1 atom stereocenters. The Morgan fingerprint density at radius 2 is 2.03 bits per heavy atom. The number of hydrogen-bond acceptors (Lipinski definition) is 4. The van der Waals surface area contributed by atoms with Gasteiger partial charge in [-0.3, -0.25) is 19.4 Å². The molecule has 4 heterocycles. The summed E-state index contributed by atoms with van der Waals surface area (Å²) < 4.78 is 3.45. The summed E-state index contributed by atoms with van der Waals surface area (Å²) in [5.41, 5.74) is 6.67. The van der Waals surface area contributed by atoms with E-state index in [-0.39, 0.29) is 17.5 Å². The van der Waals surface area contributed by atoms with Crippen molar-refractivity contribution in [3.05, 3.63) is 50.3 Å². The molecule has 1 amide bonds. The maximum absolute atomic E-state index is 13.1. The largest absolute Gasteiger partial charge is 0.334 e. The minimum Gasteiger partial charge on any atom is -0.334 e. The molecule has 0 saturated carbocycles. The molecule has 0 spiro atoms. The molecule has 0 radical (unpaired) electrons. The zero-order valence-electron chi connectivity index (χ0n) is 18.6. The van der Waals surface area contributed by atoms with Gasteiger partial charge in [0.15, 0.2) is 5.65 Å². The Bertz CT molecular complexity index is 1220. The third kappa shape index (κ3) is 3.38. The van der Waals surface area contributed by atoms with Gasteiger partial charge in [-0.15, -0.1) is 0 Å². The summed E-state index contributed by atoms with van der Waals surface area (Å²) in [5.74, 6) is 0.156. The van der Waals surface area contributed by atoms with Gasteiger partial charge in [0.1, 0.15) is 0 Å². The molecule has 1 fully saturated rings. The number of amides is 1. The number of aromatic nitrogens is 5. The van der Waals surface area contributed by atoms with Crippen LogP contribution in [0.2, 0.25) is 0 Å². The van der Waals surface area contributed by atoms with E-state index >= 15 is 0 Å². The van der Waals surface area contributed by atoms with E-state index in [0.29, 0.717) is 18.5 Å². The third-order valence-electron chi connectivity index (χ3n) is 7.08. The van der Waals surface area contributed by atoms with Crippen LogP contribution in [0.25, 0.3) is 5.65 Å². The molecule has 3 aromatic heterocycles. The highest BCUT2D eigenvalue weighted by atomic mass is 16.2. The summed E-state index contributed by atoms with van der Waals surface area (Å²) in [6.07, 6.45) is 6.86. The van der Waals surface area contributed by atoms with E-state index < -0.39 is 0 Å². The Morgan fingerprint density at radius 1 is 1.23 bits per heavy atom. The SMILES string of the molecule is Cc1nn(C)c(C)c1CCC(=O)N1CCCC1c1cc2nc3c(c(=O)n2[nH]1)CCCC3. The van der Waals surface area contributed by atoms with Crippen molar-refractivity contribution in [2.24, 2.45) is 7.05 Å². The highest BCUT2D eigenvalue weighted by Gasteiger charge is 2.32. The topological polar surface area (TPSA) is 88.3 Å². The van der Waals surface area contributed by atoms with E-state index in [0.717, 1.165) is 73.4 Å². The minimum atomic E-state index is -0.0262. The van der Waals surface area contributed by atoms with Gasteiger partial charge in [0.25, 0.3) is 5.56 Å². The fraction of sp³-hybridized carbons (Fsp3) is 0.565. The predicted octanol–water partition coefficient (Wildman–Crippen LogP) is 2.55. The Kier molecular flexibility index (Phi) is 4.95. The lowest BCUT2D eigenvalue weighted by atomic mass is 9.97. The van der Waals surface area contributed by atoms with Gasteiger partial charge < -0.3 is 4.90 Å². The summed E-state index contributed by atoms with van der Waals surface area (Å²) in [6.45, 7) is 4.80. The molecule has 8 nitrogen and oxygen atoms in total. The average molecular weight is 423 g/mol. The lowest BCUT2D eigenvalue weighted by molar-refractivity contribution is -0.132. The quantitative estimate of drug-likeness (QED) is 0.700. The molecule has 8 heteroatoms. The molecule has 2 aliphatic rings. The van der Waals surface area contributed by atoms with Gasteiger partial charge in [-0.1, -0.05) is 0 Å². The number of nitrogens with zero attached hydrogens (tertiary/aromatic N) is 5. The van der Waals surface area contributed by atoms with E-state index in [4.69, 9.17) is 4.98 Å². The van der Waals surface area contributed by atoms with Gasteiger partial charge in [-0.05, 0) is 64.4 Å². The second-order valence-corrected chi connectivity index (χ2v) is 8.97. The zero-order valence-corrected chi connectivity index (χ0v) is 18.6. The van der Waals surface area contributed by atoms with Crippen LogP contribution in [0.3, 0.4) is 0 Å². The smallest absolute Gasteiger partial charge is 0.276 e. The number of rotatable bonds is 4. The normalized spacial score (nSPS) is 18.7. The van der Waals surface area contributed by atoms with Crippen molar-refractivity contribution in [3.8, 4) is 0 Å². The molecule has 0 bridgehead atoms. The average Bonchev–Trinajstić information content (AvgIpc) is 3.45. The summed E-state index contributed by atoms with van der Waals surface area (Å²) in [4.78, 5) is 32.8. The molecule has 0 aromatic carbocycles. The maximum Gasteiger partial charge on any atom is 0.276 e. The second-order valence-electron chi connectivity index (χ2n) is 8.97. The fourth-order valence-electron chi connectivity index (χ4n) is 5.29. The van der Waals surface area contributed by atoms with Crippen LogP contribution < -0.4 is 5.56 Å². The lowest BCUT2D eigenvalue weighted by Gasteiger charge is -2.24. The monoisotopic (exact) mass is 422 g/mol. The van der Waals surface area contributed by atoms with Crippen LogP contribution in [0.15, 0.2) is 10.9 Å². The minimum absolute atomic E-state index is 0.0179. The van der Waals surface area contributed by atoms with Gasteiger partial charge in [0.2, 0.25) is 5.91 Å². The van der Waals surface area contributed by atoms with Crippen molar-refractivity contribution in [2.45, 2.75) is 71.3 Å². The summed E-state index contributed by atoms with van der Waals surface area (Å²) >= 11 is 0. The van der Waals surface area contributed by atoms with E-state index in [1.807, 2.05) is 36.5 Å². The van der Waals surface area contributed by atoms with Crippen molar-refractivity contribution >= 4 is 11.6 Å². The van der Waals surface area contributed by atoms with E-state index in [1.165, 1.54) is 5.56 Å². The zero-order chi connectivity index (χ0) is 21.7. The summed E-state index contributed by atoms with van der Waals surface area (Å²) in [7, 11) is 1.94. The van der Waals surface area contributed by atoms with Crippen molar-refractivity contribution in [1.29, 1.82) is 0 Å². The third-order valence-corrected chi connectivity index (χ3v) is 7.08. The van der Waals surface area contributed by atoms with Crippen LogP contribution >= 0.6 is 0 Å². The molecule has 1 N–H and O–H groups in total. The molecule has 1 aliphatic carbocycles. The van der Waals surface area contributed by atoms with Gasteiger partial charge in [-0.2, -0.15) is 5.10 Å². The maximum atomic E-state index is 13.1. The molecule has 3 aromatic rings. The lowest BCUT2D eigenvalue weighted by Crippen LogP contribution is -2.31. The molecule has 1 aliphatic heterocycles. The molecular formula is C23H30N6O2.